The molecule has 0 radical (unpaired) electrons. The van der Waals surface area contributed by atoms with Gasteiger partial charge in [-0.15, -0.1) is 5.92 Å². The van der Waals surface area contributed by atoms with Gasteiger partial charge in [0.15, 0.2) is 5.60 Å². The lowest BCUT2D eigenvalue weighted by Gasteiger charge is -2.51. The highest BCUT2D eigenvalue weighted by Gasteiger charge is 2.56. The second-order valence-corrected chi connectivity index (χ2v) is 5.34. The Balaban J connectivity index is 3.11. The van der Waals surface area contributed by atoms with Gasteiger partial charge in [-0.25, -0.2) is 0 Å². The molecule has 0 aromatic heterocycles. The van der Waals surface area contributed by atoms with E-state index in [1.165, 1.54) is 0 Å². The third kappa shape index (κ3) is 2.35. The second kappa shape index (κ2) is 4.97. The van der Waals surface area contributed by atoms with Crippen LogP contribution in [0.3, 0.4) is 0 Å². The summed E-state index contributed by atoms with van der Waals surface area (Å²) in [7, 11) is 1.62. The van der Waals surface area contributed by atoms with Crippen LogP contribution in [0.15, 0.2) is 0 Å². The zero-order valence-electron chi connectivity index (χ0n) is 11.7. The Bertz CT molecular complexity index is 328. The molecule has 98 valence electrons. The summed E-state index contributed by atoms with van der Waals surface area (Å²) in [5.41, 5.74) is -1.94. The molecule has 3 nitrogen and oxygen atoms in total. The molecule has 1 aliphatic rings. The first-order valence-corrected chi connectivity index (χ1v) is 6.17. The van der Waals surface area contributed by atoms with E-state index in [-0.39, 0.29) is 12.2 Å². The highest BCUT2D eigenvalue weighted by Crippen LogP contribution is 2.41. The molecule has 0 aromatic rings. The largest absolute Gasteiger partial charge is 0.374 e. The van der Waals surface area contributed by atoms with E-state index in [1.807, 2.05) is 13.8 Å². The van der Waals surface area contributed by atoms with Crippen LogP contribution in [0.4, 0.5) is 0 Å². The maximum absolute atomic E-state index is 10.7. The Kier molecular flexibility index (Phi) is 4.24. The van der Waals surface area contributed by atoms with Gasteiger partial charge in [0.05, 0.1) is 12.2 Å². The normalized spacial score (nSPS) is 42.1. The Labute approximate surface area is 104 Å². The molecule has 4 atom stereocenters. The molecule has 1 aliphatic heterocycles. The number of hydrogen-bond donors (Lipinski definition) is 1. The van der Waals surface area contributed by atoms with Crippen LogP contribution in [0.2, 0.25) is 0 Å². The fourth-order valence-electron chi connectivity index (χ4n) is 2.43. The summed E-state index contributed by atoms with van der Waals surface area (Å²) in [5.74, 6) is 6.04. The van der Waals surface area contributed by atoms with Crippen molar-refractivity contribution in [1.82, 2.24) is 0 Å². The zero-order chi connectivity index (χ0) is 13.3. The van der Waals surface area contributed by atoms with E-state index in [9.17, 15) is 5.11 Å². The van der Waals surface area contributed by atoms with Crippen molar-refractivity contribution in [2.75, 3.05) is 7.11 Å². The SMILES string of the molecule is CC#C[C@]1(O)C(C)O[C@@H](C(C)C)CC1(C)OC. The summed E-state index contributed by atoms with van der Waals surface area (Å²) in [5, 5.41) is 10.7. The molecule has 1 heterocycles. The summed E-state index contributed by atoms with van der Waals surface area (Å²) in [6, 6.07) is 0. The number of methoxy groups -OCH3 is 1. The first-order chi connectivity index (χ1) is 7.80. The van der Waals surface area contributed by atoms with E-state index >= 15 is 0 Å². The Morgan fingerprint density at radius 2 is 2.06 bits per heavy atom. The van der Waals surface area contributed by atoms with Gasteiger partial charge in [0.2, 0.25) is 0 Å². The van der Waals surface area contributed by atoms with Crippen LogP contribution in [0.25, 0.3) is 0 Å². The summed E-state index contributed by atoms with van der Waals surface area (Å²) < 4.78 is 11.4. The summed E-state index contributed by atoms with van der Waals surface area (Å²) >= 11 is 0. The third-order valence-electron chi connectivity index (χ3n) is 3.87. The maximum Gasteiger partial charge on any atom is 0.180 e. The summed E-state index contributed by atoms with van der Waals surface area (Å²) in [6.07, 6.45) is 0.381. The van der Waals surface area contributed by atoms with E-state index in [2.05, 4.69) is 25.7 Å². The quantitative estimate of drug-likeness (QED) is 0.750. The molecule has 0 bridgehead atoms. The summed E-state index contributed by atoms with van der Waals surface area (Å²) in [4.78, 5) is 0. The maximum atomic E-state index is 10.7. The van der Waals surface area contributed by atoms with Crippen molar-refractivity contribution in [3.8, 4) is 11.8 Å². The predicted molar refractivity (Wildman–Crippen MR) is 67.6 cm³/mol. The molecule has 1 saturated heterocycles. The van der Waals surface area contributed by atoms with Gasteiger partial charge >= 0.3 is 0 Å². The van der Waals surface area contributed by atoms with Crippen molar-refractivity contribution >= 4 is 0 Å². The first kappa shape index (κ1) is 14.5. The van der Waals surface area contributed by atoms with Gasteiger partial charge < -0.3 is 14.6 Å². The van der Waals surface area contributed by atoms with E-state index < -0.39 is 11.2 Å². The zero-order valence-corrected chi connectivity index (χ0v) is 11.7. The molecule has 3 heteroatoms. The van der Waals surface area contributed by atoms with Gasteiger partial charge in [-0.1, -0.05) is 19.8 Å². The van der Waals surface area contributed by atoms with Gasteiger partial charge in [-0.2, -0.15) is 0 Å². The van der Waals surface area contributed by atoms with Crippen LogP contribution in [-0.4, -0.2) is 35.6 Å². The Hall–Kier alpha value is -0.560. The first-order valence-electron chi connectivity index (χ1n) is 6.17. The number of hydrogen-bond acceptors (Lipinski definition) is 3. The van der Waals surface area contributed by atoms with Crippen LogP contribution in [0.5, 0.6) is 0 Å². The van der Waals surface area contributed by atoms with E-state index in [0.29, 0.717) is 12.3 Å². The predicted octanol–water partition coefficient (Wildman–Crippen LogP) is 1.98. The molecule has 1 fully saturated rings. The lowest BCUT2D eigenvalue weighted by Crippen LogP contribution is -2.65. The van der Waals surface area contributed by atoms with Gasteiger partial charge in [0.1, 0.15) is 5.60 Å². The van der Waals surface area contributed by atoms with Gasteiger partial charge in [-0.3, -0.25) is 0 Å². The van der Waals surface area contributed by atoms with Gasteiger partial charge in [0.25, 0.3) is 0 Å². The van der Waals surface area contributed by atoms with Crippen molar-refractivity contribution in [3.63, 3.8) is 0 Å². The Morgan fingerprint density at radius 1 is 1.47 bits per heavy atom. The smallest absolute Gasteiger partial charge is 0.180 e. The molecule has 0 spiro atoms. The van der Waals surface area contributed by atoms with Gasteiger partial charge in [0, 0.05) is 13.5 Å². The van der Waals surface area contributed by atoms with E-state index in [1.54, 1.807) is 14.0 Å². The molecule has 0 saturated carbocycles. The lowest BCUT2D eigenvalue weighted by molar-refractivity contribution is -0.253. The van der Waals surface area contributed by atoms with Crippen LogP contribution in [-0.2, 0) is 9.47 Å². The fraction of sp³-hybridized carbons (Fsp3) is 0.857. The average molecular weight is 240 g/mol. The van der Waals surface area contributed by atoms with Crippen molar-refractivity contribution in [3.05, 3.63) is 0 Å². The molecule has 0 aliphatic carbocycles. The molecular weight excluding hydrogens is 216 g/mol. The highest BCUT2D eigenvalue weighted by molar-refractivity contribution is 5.25. The van der Waals surface area contributed by atoms with Crippen molar-refractivity contribution < 1.29 is 14.6 Å². The van der Waals surface area contributed by atoms with Crippen LogP contribution in [0.1, 0.15) is 41.0 Å². The minimum absolute atomic E-state index is 0.0916. The number of aliphatic hydroxyl groups is 1. The number of ether oxygens (including phenoxy) is 2. The van der Waals surface area contributed by atoms with Crippen molar-refractivity contribution in [1.29, 1.82) is 0 Å². The monoisotopic (exact) mass is 240 g/mol. The van der Waals surface area contributed by atoms with Crippen LogP contribution in [0, 0.1) is 17.8 Å². The topological polar surface area (TPSA) is 38.7 Å². The third-order valence-corrected chi connectivity index (χ3v) is 3.87. The molecule has 1 N–H and O–H groups in total. The molecule has 0 amide bonds. The molecule has 17 heavy (non-hydrogen) atoms. The Morgan fingerprint density at radius 3 is 2.47 bits per heavy atom. The van der Waals surface area contributed by atoms with Crippen LogP contribution >= 0.6 is 0 Å². The summed E-state index contributed by atoms with van der Waals surface area (Å²) in [6.45, 7) is 9.71. The number of rotatable bonds is 2. The lowest BCUT2D eigenvalue weighted by atomic mass is 9.73. The molecule has 0 aromatic carbocycles. The molecule has 1 rings (SSSR count). The van der Waals surface area contributed by atoms with E-state index in [4.69, 9.17) is 9.47 Å². The van der Waals surface area contributed by atoms with E-state index in [0.717, 1.165) is 0 Å². The molecular formula is C14H24O3. The highest BCUT2D eigenvalue weighted by atomic mass is 16.5. The van der Waals surface area contributed by atoms with Gasteiger partial charge in [-0.05, 0) is 26.7 Å². The molecule has 2 unspecified atom stereocenters. The second-order valence-electron chi connectivity index (χ2n) is 5.34. The minimum atomic E-state index is -1.25. The average Bonchev–Trinajstić information content (AvgIpc) is 2.26. The fourth-order valence-corrected chi connectivity index (χ4v) is 2.43. The van der Waals surface area contributed by atoms with Crippen molar-refractivity contribution in [2.24, 2.45) is 5.92 Å². The minimum Gasteiger partial charge on any atom is -0.374 e. The van der Waals surface area contributed by atoms with Crippen LogP contribution < -0.4 is 0 Å². The standard InChI is InChI=1S/C14H24O3/c1-7-8-14(15)11(4)17-12(10(2)3)9-13(14,5)16-6/h10-12,15H,9H2,1-6H3/t11?,12-,13?,14+/m1/s1. The van der Waals surface area contributed by atoms with Crippen molar-refractivity contribution in [2.45, 2.75) is 64.4 Å².